The van der Waals surface area contributed by atoms with E-state index < -0.39 is 5.97 Å². The number of rotatable bonds is 7. The number of ether oxygens (including phenoxy) is 1. The molecule has 1 aromatic heterocycles. The number of amides is 1. The number of hydrogen-bond donors (Lipinski definition) is 2. The van der Waals surface area contributed by atoms with Gasteiger partial charge in [-0.1, -0.05) is 0 Å². The van der Waals surface area contributed by atoms with Crippen molar-refractivity contribution in [1.82, 2.24) is 10.3 Å². The first-order valence-electron chi connectivity index (χ1n) is 5.67. The summed E-state index contributed by atoms with van der Waals surface area (Å²) in [7, 11) is 0. The van der Waals surface area contributed by atoms with E-state index in [4.69, 9.17) is 9.84 Å². The highest BCUT2D eigenvalue weighted by molar-refractivity contribution is 7.09. The molecule has 0 aliphatic heterocycles. The monoisotopic (exact) mass is 270 g/mol. The van der Waals surface area contributed by atoms with Gasteiger partial charge in [-0.05, 0) is 18.8 Å². The zero-order valence-electron chi connectivity index (χ0n) is 9.72. The standard InChI is InChI=1S/C11H14N2O4S/c14-9(5-17-4-7-1-2-7)12-3-10-13-8(6-18-10)11(15)16/h6-7H,1-5H2,(H,12,14)(H,15,16). The average molecular weight is 270 g/mol. The van der Waals surface area contributed by atoms with Crippen molar-refractivity contribution in [1.29, 1.82) is 0 Å². The van der Waals surface area contributed by atoms with Gasteiger partial charge in [-0.3, -0.25) is 4.79 Å². The Labute approximate surface area is 108 Å². The summed E-state index contributed by atoms with van der Waals surface area (Å²) in [6, 6.07) is 0. The molecule has 0 atom stereocenters. The largest absolute Gasteiger partial charge is 0.476 e. The topological polar surface area (TPSA) is 88.5 Å². The van der Waals surface area contributed by atoms with Crippen molar-refractivity contribution < 1.29 is 19.4 Å². The molecule has 18 heavy (non-hydrogen) atoms. The molecule has 0 aromatic carbocycles. The fraction of sp³-hybridized carbons (Fsp3) is 0.545. The van der Waals surface area contributed by atoms with Crippen LogP contribution in [0.1, 0.15) is 28.3 Å². The molecule has 0 saturated heterocycles. The number of nitrogens with one attached hydrogen (secondary N) is 1. The second kappa shape index (κ2) is 5.92. The number of aromatic carboxylic acids is 1. The highest BCUT2D eigenvalue weighted by Crippen LogP contribution is 2.28. The molecule has 1 fully saturated rings. The molecular weight excluding hydrogens is 256 g/mol. The number of carbonyl (C=O) groups excluding carboxylic acids is 1. The summed E-state index contributed by atoms with van der Waals surface area (Å²) in [6.07, 6.45) is 2.39. The lowest BCUT2D eigenvalue weighted by atomic mass is 10.5. The maximum absolute atomic E-state index is 11.4. The third kappa shape index (κ3) is 4.08. The molecule has 2 N–H and O–H groups in total. The van der Waals surface area contributed by atoms with Crippen molar-refractivity contribution in [3.63, 3.8) is 0 Å². The number of carboxylic acids is 1. The van der Waals surface area contributed by atoms with E-state index in [9.17, 15) is 9.59 Å². The predicted octanol–water partition coefficient (Wildman–Crippen LogP) is 0.884. The van der Waals surface area contributed by atoms with Crippen LogP contribution in [0.3, 0.4) is 0 Å². The first-order chi connectivity index (χ1) is 8.65. The Kier molecular flexibility index (Phi) is 4.27. The Hall–Kier alpha value is -1.47. The van der Waals surface area contributed by atoms with Gasteiger partial charge in [0, 0.05) is 5.38 Å². The van der Waals surface area contributed by atoms with E-state index in [-0.39, 0.29) is 24.8 Å². The van der Waals surface area contributed by atoms with Gasteiger partial charge in [0.25, 0.3) is 0 Å². The molecule has 1 heterocycles. The van der Waals surface area contributed by atoms with Gasteiger partial charge in [0.1, 0.15) is 11.6 Å². The molecule has 1 amide bonds. The third-order valence-corrected chi connectivity index (χ3v) is 3.34. The average Bonchev–Trinajstić information content (AvgIpc) is 3.02. The smallest absolute Gasteiger partial charge is 0.355 e. The lowest BCUT2D eigenvalue weighted by Gasteiger charge is -2.03. The molecule has 6 nitrogen and oxygen atoms in total. The number of hydrogen-bond acceptors (Lipinski definition) is 5. The molecule has 0 spiro atoms. The second-order valence-electron chi connectivity index (χ2n) is 4.17. The minimum Gasteiger partial charge on any atom is -0.476 e. The summed E-state index contributed by atoms with van der Waals surface area (Å²) in [6.45, 7) is 0.936. The van der Waals surface area contributed by atoms with E-state index in [0.29, 0.717) is 17.5 Å². The number of carbonyl (C=O) groups is 2. The van der Waals surface area contributed by atoms with Crippen molar-refractivity contribution in [3.8, 4) is 0 Å². The molecule has 98 valence electrons. The van der Waals surface area contributed by atoms with Crippen LogP contribution in [0.5, 0.6) is 0 Å². The van der Waals surface area contributed by atoms with E-state index >= 15 is 0 Å². The van der Waals surface area contributed by atoms with Gasteiger partial charge >= 0.3 is 5.97 Å². The summed E-state index contributed by atoms with van der Waals surface area (Å²) >= 11 is 1.21. The van der Waals surface area contributed by atoms with E-state index in [0.717, 1.165) is 0 Å². The molecule has 7 heteroatoms. The Morgan fingerprint density at radius 1 is 1.56 bits per heavy atom. The van der Waals surface area contributed by atoms with Gasteiger partial charge in [-0.25, -0.2) is 9.78 Å². The van der Waals surface area contributed by atoms with Gasteiger partial charge in [0.05, 0.1) is 13.2 Å². The summed E-state index contributed by atoms with van der Waals surface area (Å²) in [4.78, 5) is 25.8. The van der Waals surface area contributed by atoms with E-state index in [1.54, 1.807) is 0 Å². The Balaban J connectivity index is 1.65. The first-order valence-corrected chi connectivity index (χ1v) is 6.55. The van der Waals surface area contributed by atoms with Crippen molar-refractivity contribution in [2.45, 2.75) is 19.4 Å². The molecule has 2 rings (SSSR count). The summed E-state index contributed by atoms with van der Waals surface area (Å²) in [5, 5.41) is 13.3. The van der Waals surface area contributed by atoms with Crippen LogP contribution in [0.2, 0.25) is 0 Å². The molecule has 0 unspecified atom stereocenters. The second-order valence-corrected chi connectivity index (χ2v) is 5.11. The molecule has 1 saturated carbocycles. The summed E-state index contributed by atoms with van der Waals surface area (Å²) in [5.74, 6) is -0.630. The highest BCUT2D eigenvalue weighted by atomic mass is 32.1. The lowest BCUT2D eigenvalue weighted by Crippen LogP contribution is -2.27. The number of thiazole rings is 1. The molecule has 0 bridgehead atoms. The normalized spacial score (nSPS) is 14.4. The SMILES string of the molecule is O=C(COCC1CC1)NCc1nc(C(=O)O)cs1. The highest BCUT2D eigenvalue weighted by Gasteiger charge is 2.21. The molecule has 1 aromatic rings. The Morgan fingerprint density at radius 2 is 2.33 bits per heavy atom. The molecule has 0 radical (unpaired) electrons. The van der Waals surface area contributed by atoms with Gasteiger partial charge < -0.3 is 15.2 Å². The Morgan fingerprint density at radius 3 is 2.94 bits per heavy atom. The van der Waals surface area contributed by atoms with Crippen LogP contribution in [0.4, 0.5) is 0 Å². The third-order valence-electron chi connectivity index (χ3n) is 2.49. The van der Waals surface area contributed by atoms with Crippen LogP contribution < -0.4 is 5.32 Å². The number of nitrogens with zero attached hydrogens (tertiary/aromatic N) is 1. The molecule has 1 aliphatic rings. The van der Waals surface area contributed by atoms with Gasteiger partial charge in [0.15, 0.2) is 5.69 Å². The zero-order valence-corrected chi connectivity index (χ0v) is 10.5. The van der Waals surface area contributed by atoms with Crippen LogP contribution >= 0.6 is 11.3 Å². The number of aromatic nitrogens is 1. The van der Waals surface area contributed by atoms with E-state index in [2.05, 4.69) is 10.3 Å². The van der Waals surface area contributed by atoms with Crippen molar-refractivity contribution in [2.75, 3.05) is 13.2 Å². The maximum atomic E-state index is 11.4. The Bertz CT molecular complexity index is 442. The zero-order chi connectivity index (χ0) is 13.0. The van der Waals surface area contributed by atoms with Gasteiger partial charge in [0.2, 0.25) is 5.91 Å². The van der Waals surface area contributed by atoms with Crippen LogP contribution in [-0.2, 0) is 16.1 Å². The van der Waals surface area contributed by atoms with E-state index in [1.807, 2.05) is 0 Å². The number of carboxylic acid groups (broad SMARTS) is 1. The summed E-state index contributed by atoms with van der Waals surface area (Å²) in [5.41, 5.74) is 0.00855. The van der Waals surface area contributed by atoms with E-state index in [1.165, 1.54) is 29.6 Å². The minimum absolute atomic E-state index is 0.00855. The van der Waals surface area contributed by atoms with Gasteiger partial charge in [-0.2, -0.15) is 0 Å². The fourth-order valence-electron chi connectivity index (χ4n) is 1.32. The predicted molar refractivity (Wildman–Crippen MR) is 64.5 cm³/mol. The van der Waals surface area contributed by atoms with Crippen LogP contribution in [0, 0.1) is 5.92 Å². The minimum atomic E-state index is -1.06. The molecular formula is C11H14N2O4S. The summed E-state index contributed by atoms with van der Waals surface area (Å²) < 4.78 is 5.23. The van der Waals surface area contributed by atoms with Gasteiger partial charge in [-0.15, -0.1) is 11.3 Å². The molecule has 1 aliphatic carbocycles. The van der Waals surface area contributed by atoms with Crippen molar-refractivity contribution in [3.05, 3.63) is 16.1 Å². The quantitative estimate of drug-likeness (QED) is 0.768. The lowest BCUT2D eigenvalue weighted by molar-refractivity contribution is -0.126. The van der Waals surface area contributed by atoms with Crippen LogP contribution in [0.15, 0.2) is 5.38 Å². The van der Waals surface area contributed by atoms with Crippen LogP contribution in [-0.4, -0.2) is 35.2 Å². The van der Waals surface area contributed by atoms with Crippen molar-refractivity contribution >= 4 is 23.2 Å². The fourth-order valence-corrected chi connectivity index (χ4v) is 2.03. The maximum Gasteiger partial charge on any atom is 0.355 e. The van der Waals surface area contributed by atoms with Crippen molar-refractivity contribution in [2.24, 2.45) is 5.92 Å². The van der Waals surface area contributed by atoms with Crippen LogP contribution in [0.25, 0.3) is 0 Å². The first kappa shape index (κ1) is 13.0.